The molecule has 2 aliphatic heterocycles. The molecule has 0 fully saturated rings. The van der Waals surface area contributed by atoms with E-state index in [0.717, 1.165) is 39.3 Å². The van der Waals surface area contributed by atoms with Gasteiger partial charge in [0.05, 0.1) is 0 Å². The first-order valence-electron chi connectivity index (χ1n) is 25.7. The lowest BCUT2D eigenvalue weighted by Crippen LogP contribution is -2.34. The summed E-state index contributed by atoms with van der Waals surface area (Å²) in [6, 6.07) is 45.2. The van der Waals surface area contributed by atoms with E-state index in [4.69, 9.17) is 0 Å². The van der Waals surface area contributed by atoms with Crippen molar-refractivity contribution in [3.05, 3.63) is 156 Å². The van der Waals surface area contributed by atoms with Crippen LogP contribution in [0.25, 0.3) is 22.3 Å². The van der Waals surface area contributed by atoms with E-state index < -0.39 is 0 Å². The molecule has 354 valence electrons. The summed E-state index contributed by atoms with van der Waals surface area (Å²) in [6.07, 6.45) is 16.3. The van der Waals surface area contributed by atoms with E-state index in [1.54, 1.807) is 41.1 Å². The average Bonchev–Trinajstić information content (AvgIpc) is 3.35. The molecule has 6 aromatic rings. The molecule has 2 heterocycles. The van der Waals surface area contributed by atoms with Gasteiger partial charge >= 0.3 is 0 Å². The van der Waals surface area contributed by atoms with Gasteiger partial charge in [0.1, 0.15) is 11.5 Å². The summed E-state index contributed by atoms with van der Waals surface area (Å²) in [5, 5.41) is 19.2. The Morgan fingerprint density at radius 1 is 0.439 bits per heavy atom. The highest BCUT2D eigenvalue weighted by atomic mass is 16.3. The second-order valence-corrected chi connectivity index (χ2v) is 18.2. The van der Waals surface area contributed by atoms with Crippen LogP contribution in [0.1, 0.15) is 168 Å². The van der Waals surface area contributed by atoms with E-state index in [2.05, 4.69) is 150 Å². The molecule has 0 bridgehead atoms. The Balaban J connectivity index is 0.000000259. The Morgan fingerprint density at radius 2 is 0.742 bits per heavy atom. The lowest BCUT2D eigenvalue weighted by molar-refractivity contribution is 0.475. The number of nitrogens with zero attached hydrogens (tertiary/aromatic N) is 2. The van der Waals surface area contributed by atoms with Gasteiger partial charge < -0.3 is 20.0 Å². The monoisotopic (exact) mass is 889 g/mol. The third kappa shape index (κ3) is 15.9. The number of phenolic OH excluding ortho intramolecular Hbond substituents is 2. The molecule has 0 radical (unpaired) electrons. The fraction of sp³-hybridized carbons (Fsp3) is 0.419. The smallest absolute Gasteiger partial charge is 0.115 e. The normalized spacial score (nSPS) is 12.3. The Bertz CT molecular complexity index is 2090. The van der Waals surface area contributed by atoms with Gasteiger partial charge in [0, 0.05) is 35.8 Å². The molecule has 2 N–H and O–H groups in total. The zero-order valence-electron chi connectivity index (χ0n) is 42.5. The minimum absolute atomic E-state index is 0.266. The molecule has 0 saturated carbocycles. The van der Waals surface area contributed by atoms with Gasteiger partial charge in [-0.1, -0.05) is 193 Å². The van der Waals surface area contributed by atoms with Crippen molar-refractivity contribution in [2.75, 3.05) is 22.9 Å². The minimum atomic E-state index is 0.266. The largest absolute Gasteiger partial charge is 0.508 e. The van der Waals surface area contributed by atoms with Crippen molar-refractivity contribution in [1.29, 1.82) is 0 Å². The molecule has 2 aliphatic rings. The first kappa shape index (κ1) is 53.1. The van der Waals surface area contributed by atoms with Crippen LogP contribution < -0.4 is 9.80 Å². The highest BCUT2D eigenvalue weighted by molar-refractivity contribution is 5.80. The minimum Gasteiger partial charge on any atom is -0.508 e. The quantitative estimate of drug-likeness (QED) is 0.113. The van der Waals surface area contributed by atoms with Crippen LogP contribution in [0.15, 0.2) is 133 Å². The summed E-state index contributed by atoms with van der Waals surface area (Å²) in [6.45, 7) is 24.5. The Labute approximate surface area is 401 Å². The van der Waals surface area contributed by atoms with Gasteiger partial charge in [0.2, 0.25) is 0 Å². The maximum atomic E-state index is 9.61. The van der Waals surface area contributed by atoms with E-state index in [1.165, 1.54) is 101 Å². The predicted octanol–water partition coefficient (Wildman–Crippen LogP) is 18.7. The molecule has 0 saturated heterocycles. The second kappa shape index (κ2) is 28.5. The Kier molecular flexibility index (Phi) is 23.0. The molecule has 0 aliphatic carbocycles. The number of phenols is 2. The number of aryl methyl sites for hydroxylation is 2. The lowest BCUT2D eigenvalue weighted by Gasteiger charge is -2.37. The van der Waals surface area contributed by atoms with Crippen molar-refractivity contribution in [2.24, 2.45) is 0 Å². The van der Waals surface area contributed by atoms with Gasteiger partial charge in [-0.05, 0) is 143 Å². The zero-order valence-corrected chi connectivity index (χ0v) is 42.5. The van der Waals surface area contributed by atoms with E-state index >= 15 is 0 Å². The van der Waals surface area contributed by atoms with Gasteiger partial charge in [0.15, 0.2) is 0 Å². The summed E-state index contributed by atoms with van der Waals surface area (Å²) in [5.74, 6) is 1.67. The van der Waals surface area contributed by atoms with Gasteiger partial charge in [-0.3, -0.25) is 0 Å². The van der Waals surface area contributed by atoms with Crippen LogP contribution in [0.4, 0.5) is 22.7 Å². The molecule has 4 heteroatoms. The molecular weight excluding hydrogens is 805 g/mol. The third-order valence-corrected chi connectivity index (χ3v) is 12.4. The summed E-state index contributed by atoms with van der Waals surface area (Å²) < 4.78 is 0. The first-order valence-corrected chi connectivity index (χ1v) is 25.7. The van der Waals surface area contributed by atoms with Gasteiger partial charge in [-0.15, -0.1) is 0 Å². The highest BCUT2D eigenvalue weighted by Gasteiger charge is 2.24. The SMILES string of the molecule is CC.CC(C)c1cc2c3c(c1)CCCN3CCC2.CC(C)c1ccc(N(c2ccc(-c3ccc(O)cc3)cc2)c2ccc(-c3ccc(O)cc3)cc2)cc1.CCCCCC.CCCCCC. The summed E-state index contributed by atoms with van der Waals surface area (Å²) in [7, 11) is 0. The number of hydrogen-bond acceptors (Lipinski definition) is 4. The van der Waals surface area contributed by atoms with Gasteiger partial charge in [0.25, 0.3) is 0 Å². The van der Waals surface area contributed by atoms with Crippen molar-refractivity contribution in [3.8, 4) is 33.8 Å². The van der Waals surface area contributed by atoms with E-state index in [0.29, 0.717) is 11.8 Å². The number of rotatable bonds is 13. The van der Waals surface area contributed by atoms with Gasteiger partial charge in [-0.25, -0.2) is 0 Å². The molecule has 6 aromatic carbocycles. The molecule has 0 spiro atoms. The summed E-state index contributed by atoms with van der Waals surface area (Å²) in [4.78, 5) is 4.87. The molecule has 0 atom stereocenters. The molecule has 0 aromatic heterocycles. The highest BCUT2D eigenvalue weighted by Crippen LogP contribution is 2.39. The molecule has 0 unspecified atom stereocenters. The van der Waals surface area contributed by atoms with Crippen molar-refractivity contribution in [3.63, 3.8) is 0 Å². The maximum Gasteiger partial charge on any atom is 0.115 e. The summed E-state index contributed by atoms with van der Waals surface area (Å²) >= 11 is 0. The predicted molar refractivity (Wildman–Crippen MR) is 290 cm³/mol. The number of anilines is 4. The van der Waals surface area contributed by atoms with E-state index in [1.807, 2.05) is 38.1 Å². The third-order valence-electron chi connectivity index (χ3n) is 12.4. The lowest BCUT2D eigenvalue weighted by atomic mass is 9.87. The zero-order chi connectivity index (χ0) is 47.8. The number of hydrogen-bond donors (Lipinski definition) is 2. The van der Waals surface area contributed by atoms with Crippen LogP contribution in [0.3, 0.4) is 0 Å². The van der Waals surface area contributed by atoms with Crippen molar-refractivity contribution in [1.82, 2.24) is 0 Å². The van der Waals surface area contributed by atoms with Crippen LogP contribution in [0.5, 0.6) is 11.5 Å². The Morgan fingerprint density at radius 3 is 1.05 bits per heavy atom. The van der Waals surface area contributed by atoms with Crippen LogP contribution in [-0.2, 0) is 12.8 Å². The summed E-state index contributed by atoms with van der Waals surface area (Å²) in [5.41, 5.74) is 15.2. The maximum absolute atomic E-state index is 9.61. The fourth-order valence-corrected chi connectivity index (χ4v) is 8.53. The van der Waals surface area contributed by atoms with Crippen molar-refractivity contribution < 1.29 is 10.2 Å². The number of benzene rings is 6. The van der Waals surface area contributed by atoms with Crippen molar-refractivity contribution in [2.45, 2.75) is 158 Å². The number of aromatic hydroxyl groups is 2. The van der Waals surface area contributed by atoms with E-state index in [-0.39, 0.29) is 11.5 Å². The second-order valence-electron chi connectivity index (χ2n) is 18.2. The van der Waals surface area contributed by atoms with Crippen LogP contribution in [-0.4, -0.2) is 23.3 Å². The molecule has 8 rings (SSSR count). The fourth-order valence-electron chi connectivity index (χ4n) is 8.53. The van der Waals surface area contributed by atoms with Gasteiger partial charge in [-0.2, -0.15) is 0 Å². The molecule has 0 amide bonds. The standard InChI is InChI=1S/C33H29NO2.C15H21N.2C6H14.C2H6/c1-23(2)24-3-13-29(14-4-24)34(30-15-5-25(6-16-30)27-9-19-32(35)20-10-27)31-17-7-26(8-18-31)28-11-21-33(36)22-12-28;1-11(2)14-9-12-5-3-7-16-8-4-6-13(10-14)15(12)16;2*1-3-5-6-4-2;1-2/h3-23,35-36H,1-2H3;9-11H,3-8H2,1-2H3;2*3-6H2,1-2H3;1-2H3. The van der Waals surface area contributed by atoms with Crippen LogP contribution in [0.2, 0.25) is 0 Å². The van der Waals surface area contributed by atoms with Crippen LogP contribution in [0, 0.1) is 0 Å². The van der Waals surface area contributed by atoms with Crippen molar-refractivity contribution >= 4 is 22.7 Å². The van der Waals surface area contributed by atoms with E-state index in [9.17, 15) is 10.2 Å². The van der Waals surface area contributed by atoms with Crippen LogP contribution >= 0.6 is 0 Å². The molecule has 4 nitrogen and oxygen atoms in total. The Hall–Kier alpha value is -5.48. The number of unbranched alkanes of at least 4 members (excludes halogenated alkanes) is 6. The molecular formula is C62H84N2O2. The average molecular weight is 889 g/mol. The topological polar surface area (TPSA) is 46.9 Å². The first-order chi connectivity index (χ1) is 32.1. The molecule has 66 heavy (non-hydrogen) atoms.